The van der Waals surface area contributed by atoms with Gasteiger partial charge in [0.05, 0.1) is 12.5 Å². The fourth-order valence-electron chi connectivity index (χ4n) is 1.45. The predicted octanol–water partition coefficient (Wildman–Crippen LogP) is 1.14. The Hall–Kier alpha value is -2.11. The maximum Gasteiger partial charge on any atom is 0.404 e. The number of amides is 2. The Morgan fingerprint density at radius 3 is 2.72 bits per heavy atom. The maximum absolute atomic E-state index is 13.4. The van der Waals surface area contributed by atoms with E-state index in [1.165, 1.54) is 6.07 Å². The number of benzene rings is 1. The minimum Gasteiger partial charge on any atom is -0.448 e. The van der Waals surface area contributed by atoms with E-state index in [0.717, 1.165) is 0 Å². The minimum atomic E-state index is -0.897. The van der Waals surface area contributed by atoms with Crippen molar-refractivity contribution < 1.29 is 18.7 Å². The van der Waals surface area contributed by atoms with Gasteiger partial charge in [0.25, 0.3) is 0 Å². The molecule has 1 aromatic rings. The number of hydrogen-bond donors (Lipinski definition) is 2. The van der Waals surface area contributed by atoms with E-state index in [1.807, 2.05) is 0 Å². The highest BCUT2D eigenvalue weighted by Gasteiger charge is 2.17. The Morgan fingerprint density at radius 2 is 2.11 bits per heavy atom. The average Bonchev–Trinajstić information content (AvgIpc) is 2.34. The van der Waals surface area contributed by atoms with Gasteiger partial charge >= 0.3 is 6.09 Å². The lowest BCUT2D eigenvalue weighted by atomic mass is 10.00. The number of halogens is 1. The largest absolute Gasteiger partial charge is 0.448 e. The van der Waals surface area contributed by atoms with Crippen LogP contribution < -0.4 is 11.1 Å². The lowest BCUT2D eigenvalue weighted by molar-refractivity contribution is -0.122. The molecule has 0 aromatic heterocycles. The molecule has 0 radical (unpaired) electrons. The highest BCUT2D eigenvalue weighted by Crippen LogP contribution is 2.18. The van der Waals surface area contributed by atoms with Crippen molar-refractivity contribution in [1.82, 2.24) is 5.32 Å². The van der Waals surface area contributed by atoms with Gasteiger partial charge in [-0.15, -0.1) is 0 Å². The standard InChI is InChI=1S/C12H15FN2O3/c1-8(9-4-2-3-5-10(9)13)11(16)15-6-7-18-12(14)17/h2-5,8H,6-7H2,1H3,(H2,14,17)(H,15,16)/t8-/m0/s1. The van der Waals surface area contributed by atoms with E-state index in [4.69, 9.17) is 5.73 Å². The van der Waals surface area contributed by atoms with Gasteiger partial charge in [-0.3, -0.25) is 4.79 Å². The van der Waals surface area contributed by atoms with E-state index in [-0.39, 0.29) is 19.1 Å². The van der Waals surface area contributed by atoms with Crippen LogP contribution in [0.2, 0.25) is 0 Å². The second-order valence-corrected chi connectivity index (χ2v) is 3.70. The predicted molar refractivity (Wildman–Crippen MR) is 63.4 cm³/mol. The molecule has 5 nitrogen and oxygen atoms in total. The SMILES string of the molecule is C[C@H](C(=O)NCCOC(N)=O)c1ccccc1F. The van der Waals surface area contributed by atoms with Crippen LogP contribution in [0.5, 0.6) is 0 Å². The number of primary amides is 1. The van der Waals surface area contributed by atoms with E-state index < -0.39 is 17.8 Å². The van der Waals surface area contributed by atoms with Gasteiger partial charge in [-0.05, 0) is 18.6 Å². The van der Waals surface area contributed by atoms with Crippen LogP contribution in [0.15, 0.2) is 24.3 Å². The van der Waals surface area contributed by atoms with E-state index >= 15 is 0 Å². The van der Waals surface area contributed by atoms with Crippen LogP contribution in [0.3, 0.4) is 0 Å². The zero-order valence-electron chi connectivity index (χ0n) is 9.98. The van der Waals surface area contributed by atoms with Gasteiger partial charge in [0.2, 0.25) is 5.91 Å². The normalized spacial score (nSPS) is 11.7. The molecule has 1 aromatic carbocycles. The molecule has 1 rings (SSSR count). The maximum atomic E-state index is 13.4. The fourth-order valence-corrected chi connectivity index (χ4v) is 1.45. The molecule has 2 amide bonds. The molecular weight excluding hydrogens is 239 g/mol. The monoisotopic (exact) mass is 254 g/mol. The molecule has 0 fully saturated rings. The summed E-state index contributed by atoms with van der Waals surface area (Å²) in [6.45, 7) is 1.73. The van der Waals surface area contributed by atoms with E-state index in [0.29, 0.717) is 5.56 Å². The van der Waals surface area contributed by atoms with Crippen molar-refractivity contribution in [3.05, 3.63) is 35.6 Å². The summed E-state index contributed by atoms with van der Waals surface area (Å²) in [5.74, 6) is -1.37. The van der Waals surface area contributed by atoms with E-state index in [9.17, 15) is 14.0 Å². The number of carbonyl (C=O) groups excluding carboxylic acids is 2. The summed E-state index contributed by atoms with van der Waals surface area (Å²) in [6, 6.07) is 6.08. The molecule has 6 heteroatoms. The number of carbonyl (C=O) groups is 2. The van der Waals surface area contributed by atoms with Crippen LogP contribution in [-0.4, -0.2) is 25.2 Å². The molecule has 18 heavy (non-hydrogen) atoms. The summed E-state index contributed by atoms with van der Waals surface area (Å²) in [4.78, 5) is 22.0. The molecule has 0 aliphatic rings. The van der Waals surface area contributed by atoms with Crippen molar-refractivity contribution in [2.45, 2.75) is 12.8 Å². The van der Waals surface area contributed by atoms with Gasteiger partial charge in [-0.2, -0.15) is 0 Å². The van der Waals surface area contributed by atoms with Crippen molar-refractivity contribution in [3.8, 4) is 0 Å². The molecule has 98 valence electrons. The summed E-state index contributed by atoms with van der Waals surface area (Å²) in [5.41, 5.74) is 5.08. The zero-order valence-corrected chi connectivity index (χ0v) is 9.98. The first-order valence-corrected chi connectivity index (χ1v) is 5.46. The van der Waals surface area contributed by atoms with Crippen LogP contribution in [0.25, 0.3) is 0 Å². The molecule has 0 spiro atoms. The lowest BCUT2D eigenvalue weighted by Crippen LogP contribution is -2.32. The second-order valence-electron chi connectivity index (χ2n) is 3.70. The third-order valence-electron chi connectivity index (χ3n) is 2.41. The Bertz CT molecular complexity index is 437. The Morgan fingerprint density at radius 1 is 1.44 bits per heavy atom. The average molecular weight is 254 g/mol. The molecule has 3 N–H and O–H groups in total. The molecule has 0 saturated carbocycles. The van der Waals surface area contributed by atoms with Gasteiger partial charge in [0.15, 0.2) is 0 Å². The molecule has 1 atom stereocenters. The van der Waals surface area contributed by atoms with Gasteiger partial charge in [-0.25, -0.2) is 9.18 Å². The quantitative estimate of drug-likeness (QED) is 0.773. The molecule has 0 unspecified atom stereocenters. The molecule has 0 aliphatic heterocycles. The first-order valence-electron chi connectivity index (χ1n) is 5.46. The summed E-state index contributed by atoms with van der Waals surface area (Å²) < 4.78 is 17.9. The summed E-state index contributed by atoms with van der Waals surface area (Å²) in [7, 11) is 0. The molecule has 0 saturated heterocycles. The summed E-state index contributed by atoms with van der Waals surface area (Å²) in [5, 5.41) is 2.53. The molecule has 0 heterocycles. The Labute approximate surface area is 104 Å². The molecule has 0 aliphatic carbocycles. The van der Waals surface area contributed by atoms with Crippen molar-refractivity contribution in [2.75, 3.05) is 13.2 Å². The number of rotatable bonds is 5. The van der Waals surface area contributed by atoms with Crippen LogP contribution in [0.4, 0.5) is 9.18 Å². The van der Waals surface area contributed by atoms with Crippen LogP contribution in [-0.2, 0) is 9.53 Å². The Kier molecular flexibility index (Phi) is 5.10. The summed E-state index contributed by atoms with van der Waals surface area (Å²) in [6.07, 6.45) is -0.897. The minimum absolute atomic E-state index is 0.00886. The zero-order chi connectivity index (χ0) is 13.5. The van der Waals surface area contributed by atoms with Crippen molar-refractivity contribution in [3.63, 3.8) is 0 Å². The smallest absolute Gasteiger partial charge is 0.404 e. The van der Waals surface area contributed by atoms with Gasteiger partial charge in [0.1, 0.15) is 12.4 Å². The second kappa shape index (κ2) is 6.58. The number of ether oxygens (including phenoxy) is 1. The number of nitrogens with one attached hydrogen (secondary N) is 1. The number of hydrogen-bond acceptors (Lipinski definition) is 3. The third kappa shape index (κ3) is 4.04. The number of nitrogens with two attached hydrogens (primary N) is 1. The fraction of sp³-hybridized carbons (Fsp3) is 0.333. The first-order chi connectivity index (χ1) is 8.52. The molecule has 0 bridgehead atoms. The van der Waals surface area contributed by atoms with Gasteiger partial charge < -0.3 is 15.8 Å². The Balaban J connectivity index is 2.47. The lowest BCUT2D eigenvalue weighted by Gasteiger charge is -2.13. The highest BCUT2D eigenvalue weighted by atomic mass is 19.1. The van der Waals surface area contributed by atoms with Crippen molar-refractivity contribution >= 4 is 12.0 Å². The van der Waals surface area contributed by atoms with E-state index in [1.54, 1.807) is 25.1 Å². The first kappa shape index (κ1) is 14.0. The van der Waals surface area contributed by atoms with Crippen LogP contribution in [0, 0.1) is 5.82 Å². The topological polar surface area (TPSA) is 81.4 Å². The highest BCUT2D eigenvalue weighted by molar-refractivity contribution is 5.83. The van der Waals surface area contributed by atoms with Crippen molar-refractivity contribution in [2.24, 2.45) is 5.73 Å². The summed E-state index contributed by atoms with van der Waals surface area (Å²) >= 11 is 0. The van der Waals surface area contributed by atoms with Crippen LogP contribution >= 0.6 is 0 Å². The van der Waals surface area contributed by atoms with Crippen molar-refractivity contribution in [1.29, 1.82) is 0 Å². The van der Waals surface area contributed by atoms with Crippen LogP contribution in [0.1, 0.15) is 18.4 Å². The third-order valence-corrected chi connectivity index (χ3v) is 2.41. The van der Waals surface area contributed by atoms with Gasteiger partial charge in [-0.1, -0.05) is 18.2 Å². The van der Waals surface area contributed by atoms with E-state index in [2.05, 4.69) is 10.1 Å². The van der Waals surface area contributed by atoms with Gasteiger partial charge in [0, 0.05) is 0 Å². The molecular formula is C12H15FN2O3.